The maximum atomic E-state index is 9.12. The van der Waals surface area contributed by atoms with Gasteiger partial charge >= 0.3 is 29.6 Å². The molecule has 5 atom stereocenters. The van der Waals surface area contributed by atoms with Gasteiger partial charge in [0, 0.05) is 0 Å². The van der Waals surface area contributed by atoms with E-state index in [9.17, 15) is 0 Å². The molecule has 1 saturated heterocycles. The minimum atomic E-state index is -1.57. The van der Waals surface area contributed by atoms with Crippen molar-refractivity contribution in [3.63, 3.8) is 0 Å². The smallest absolute Gasteiger partial charge is 1.00 e. The van der Waals surface area contributed by atoms with Crippen molar-refractivity contribution in [2.45, 2.75) is 30.7 Å². The summed E-state index contributed by atoms with van der Waals surface area (Å²) in [4.78, 5) is 0. The van der Waals surface area contributed by atoms with E-state index in [2.05, 4.69) is 4.74 Å². The molecule has 5 N–H and O–H groups in total. The van der Waals surface area contributed by atoms with Gasteiger partial charge < -0.3 is 31.7 Å². The maximum absolute atomic E-state index is 9.12. The summed E-state index contributed by atoms with van der Waals surface area (Å²) in [5, 5.41) is 44.7. The molecule has 74 valence electrons. The first-order valence-corrected chi connectivity index (χ1v) is 3.56. The average Bonchev–Trinajstić information content (AvgIpc) is 2.08. The van der Waals surface area contributed by atoms with Gasteiger partial charge in [0.15, 0.2) is 6.29 Å². The summed E-state index contributed by atoms with van der Waals surface area (Å²) in [7, 11) is 0. The first-order chi connectivity index (χ1) is 5.57. The topological polar surface area (TPSA) is 110 Å². The molecule has 0 radical (unpaired) electrons. The zero-order valence-corrected chi connectivity index (χ0v) is 9.24. The SMILES string of the molecule is OC[C@H]1OC(O)[C@@H](O)[C@@H](O)[C@@H]1O.[H-].[Na+]. The Bertz CT molecular complexity index is 157. The van der Waals surface area contributed by atoms with Crippen LogP contribution < -0.4 is 29.6 Å². The second kappa shape index (κ2) is 5.59. The Labute approximate surface area is 98.5 Å². The molecule has 1 heterocycles. The van der Waals surface area contributed by atoms with E-state index < -0.39 is 37.3 Å². The van der Waals surface area contributed by atoms with E-state index in [1.807, 2.05) is 0 Å². The third kappa shape index (κ3) is 2.85. The molecule has 0 aromatic heterocycles. The molecule has 0 aromatic rings. The number of hydrogen-bond acceptors (Lipinski definition) is 6. The minimum absolute atomic E-state index is 0. The van der Waals surface area contributed by atoms with Crippen LogP contribution in [-0.4, -0.2) is 62.8 Å². The standard InChI is InChI=1S/C6H12O6.Na.H/c7-1-2-3(8)4(9)5(10)6(11)12-2;;/h2-11H,1H2;;/q;+1;-1/t2-,3-,4+,5+,6?;;/m1../s1. The van der Waals surface area contributed by atoms with Gasteiger partial charge in [-0.05, 0) is 0 Å². The molecule has 1 unspecified atom stereocenters. The van der Waals surface area contributed by atoms with Crippen molar-refractivity contribution in [1.82, 2.24) is 0 Å². The van der Waals surface area contributed by atoms with E-state index in [0.29, 0.717) is 0 Å². The molecular weight excluding hydrogens is 191 g/mol. The van der Waals surface area contributed by atoms with Crippen LogP contribution in [0.25, 0.3) is 0 Å². The molecule has 0 spiro atoms. The normalized spacial score (nSPS) is 45.5. The fraction of sp³-hybridized carbons (Fsp3) is 1.00. The maximum Gasteiger partial charge on any atom is 1.00 e. The van der Waals surface area contributed by atoms with E-state index in [1.165, 1.54) is 0 Å². The molecular formula is C6H13NaO6. The molecule has 13 heavy (non-hydrogen) atoms. The molecule has 6 nitrogen and oxygen atoms in total. The summed E-state index contributed by atoms with van der Waals surface area (Å²) < 4.78 is 4.58. The summed E-state index contributed by atoms with van der Waals surface area (Å²) in [5.41, 5.74) is 0. The average molecular weight is 204 g/mol. The van der Waals surface area contributed by atoms with Gasteiger partial charge in [0.1, 0.15) is 24.4 Å². The fourth-order valence-corrected chi connectivity index (χ4v) is 1.08. The van der Waals surface area contributed by atoms with Gasteiger partial charge in [0.05, 0.1) is 6.61 Å². The molecule has 1 rings (SSSR count). The van der Waals surface area contributed by atoms with Crippen LogP contribution in [0, 0.1) is 0 Å². The van der Waals surface area contributed by atoms with Crippen molar-refractivity contribution in [2.75, 3.05) is 6.61 Å². The monoisotopic (exact) mass is 204 g/mol. The third-order valence-electron chi connectivity index (χ3n) is 1.87. The third-order valence-corrected chi connectivity index (χ3v) is 1.87. The minimum Gasteiger partial charge on any atom is -1.00 e. The van der Waals surface area contributed by atoms with Gasteiger partial charge in [0.2, 0.25) is 0 Å². The van der Waals surface area contributed by atoms with Gasteiger partial charge in [-0.1, -0.05) is 0 Å². The van der Waals surface area contributed by atoms with Crippen LogP contribution in [0.2, 0.25) is 0 Å². The van der Waals surface area contributed by atoms with Crippen molar-refractivity contribution in [2.24, 2.45) is 0 Å². The Kier molecular flexibility index (Phi) is 5.92. The van der Waals surface area contributed by atoms with Crippen molar-refractivity contribution in [3.8, 4) is 0 Å². The van der Waals surface area contributed by atoms with Crippen LogP contribution in [0.3, 0.4) is 0 Å². The number of aliphatic hydroxyl groups is 5. The molecule has 0 aliphatic carbocycles. The second-order valence-corrected chi connectivity index (χ2v) is 2.72. The van der Waals surface area contributed by atoms with Crippen LogP contribution in [0.4, 0.5) is 0 Å². The Morgan fingerprint density at radius 2 is 1.54 bits per heavy atom. The van der Waals surface area contributed by atoms with E-state index in [-0.39, 0.29) is 31.0 Å². The summed E-state index contributed by atoms with van der Waals surface area (Å²) in [6.07, 6.45) is -7.04. The zero-order chi connectivity index (χ0) is 9.30. The first-order valence-electron chi connectivity index (χ1n) is 3.56. The number of ether oxygens (including phenoxy) is 1. The largest absolute Gasteiger partial charge is 1.00 e. The van der Waals surface area contributed by atoms with Crippen molar-refractivity contribution in [1.29, 1.82) is 0 Å². The van der Waals surface area contributed by atoms with Gasteiger partial charge in [0.25, 0.3) is 0 Å². The molecule has 0 amide bonds. The van der Waals surface area contributed by atoms with Gasteiger partial charge in [-0.25, -0.2) is 0 Å². The van der Waals surface area contributed by atoms with E-state index >= 15 is 0 Å². The molecule has 0 aromatic carbocycles. The predicted octanol–water partition coefficient (Wildman–Crippen LogP) is -6.10. The Morgan fingerprint density at radius 1 is 1.00 bits per heavy atom. The molecule has 0 bridgehead atoms. The predicted molar refractivity (Wildman–Crippen MR) is 37.1 cm³/mol. The van der Waals surface area contributed by atoms with E-state index in [1.54, 1.807) is 0 Å². The number of aliphatic hydroxyl groups excluding tert-OH is 5. The molecule has 7 heteroatoms. The molecule has 1 aliphatic rings. The number of rotatable bonds is 1. The summed E-state index contributed by atoms with van der Waals surface area (Å²) >= 11 is 0. The van der Waals surface area contributed by atoms with Crippen LogP contribution in [-0.2, 0) is 4.74 Å². The second-order valence-electron chi connectivity index (χ2n) is 2.72. The van der Waals surface area contributed by atoms with Gasteiger partial charge in [-0.15, -0.1) is 0 Å². The van der Waals surface area contributed by atoms with Gasteiger partial charge in [-0.3, -0.25) is 0 Å². The quantitative estimate of drug-likeness (QED) is 0.272. The Morgan fingerprint density at radius 3 is 2.00 bits per heavy atom. The summed E-state index contributed by atoms with van der Waals surface area (Å²) in [6, 6.07) is 0. The number of hydrogen-bond donors (Lipinski definition) is 5. The van der Waals surface area contributed by atoms with Crippen LogP contribution >= 0.6 is 0 Å². The molecule has 1 fully saturated rings. The fourth-order valence-electron chi connectivity index (χ4n) is 1.08. The molecule has 0 saturated carbocycles. The molecule has 1 aliphatic heterocycles. The van der Waals surface area contributed by atoms with E-state index in [0.717, 1.165) is 0 Å². The van der Waals surface area contributed by atoms with Crippen LogP contribution in [0.5, 0.6) is 0 Å². The Balaban J connectivity index is 0. The van der Waals surface area contributed by atoms with Crippen LogP contribution in [0.15, 0.2) is 0 Å². The van der Waals surface area contributed by atoms with Crippen LogP contribution in [0.1, 0.15) is 1.43 Å². The van der Waals surface area contributed by atoms with Crippen molar-refractivity contribution >= 4 is 0 Å². The van der Waals surface area contributed by atoms with E-state index in [4.69, 9.17) is 25.5 Å². The summed E-state index contributed by atoms with van der Waals surface area (Å²) in [6.45, 7) is -0.526. The van der Waals surface area contributed by atoms with Gasteiger partial charge in [-0.2, -0.15) is 0 Å². The first kappa shape index (κ1) is 13.8. The zero-order valence-electron chi connectivity index (χ0n) is 8.24. The Hall–Kier alpha value is 0.760. The van der Waals surface area contributed by atoms with Crippen molar-refractivity contribution in [3.05, 3.63) is 0 Å². The summed E-state index contributed by atoms with van der Waals surface area (Å²) in [5.74, 6) is 0. The van der Waals surface area contributed by atoms with Crippen molar-refractivity contribution < 1.29 is 61.3 Å².